The van der Waals surface area contributed by atoms with Gasteiger partial charge in [0, 0.05) is 13.1 Å². The number of hydrogen-bond acceptors (Lipinski definition) is 3. The minimum absolute atomic E-state index is 0.248. The van der Waals surface area contributed by atoms with Crippen molar-refractivity contribution in [3.63, 3.8) is 0 Å². The van der Waals surface area contributed by atoms with Gasteiger partial charge in [-0.3, -0.25) is 9.59 Å². The van der Waals surface area contributed by atoms with Crippen LogP contribution < -0.4 is 5.56 Å². The van der Waals surface area contributed by atoms with E-state index in [-0.39, 0.29) is 17.2 Å². The van der Waals surface area contributed by atoms with Crippen molar-refractivity contribution in [1.29, 1.82) is 0 Å². The Kier molecular flexibility index (Phi) is 3.32. The van der Waals surface area contributed by atoms with Gasteiger partial charge in [-0.1, -0.05) is 6.07 Å². The molecule has 0 fully saturated rings. The van der Waals surface area contributed by atoms with E-state index in [1.54, 1.807) is 19.2 Å². The molecule has 2 aromatic rings. The van der Waals surface area contributed by atoms with Crippen LogP contribution in [0.5, 0.6) is 0 Å². The lowest BCUT2D eigenvalue weighted by Gasteiger charge is -2.15. The van der Waals surface area contributed by atoms with E-state index in [2.05, 4.69) is 4.98 Å². The van der Waals surface area contributed by atoms with Crippen LogP contribution in [-0.4, -0.2) is 22.8 Å². The number of carbonyl (C=O) groups is 1. The van der Waals surface area contributed by atoms with Crippen LogP contribution in [-0.2, 0) is 6.54 Å². The van der Waals surface area contributed by atoms with Crippen LogP contribution in [0.4, 0.5) is 0 Å². The normalized spacial score (nSPS) is 10.3. The number of H-pyrrole nitrogens is 1. The molecule has 0 radical (unpaired) electrons. The van der Waals surface area contributed by atoms with E-state index < -0.39 is 0 Å². The fraction of sp³-hybridized carbons (Fsp3) is 0.231. The van der Waals surface area contributed by atoms with E-state index in [4.69, 9.17) is 4.42 Å². The number of aryl methyl sites for hydroxylation is 1. The Balaban J connectivity index is 2.11. The van der Waals surface area contributed by atoms with Gasteiger partial charge >= 0.3 is 0 Å². The number of rotatable bonds is 3. The van der Waals surface area contributed by atoms with Crippen LogP contribution in [0.25, 0.3) is 0 Å². The molecule has 2 heterocycles. The Hall–Kier alpha value is -2.30. The number of nitrogens with zero attached hydrogens (tertiary/aromatic N) is 1. The highest BCUT2D eigenvalue weighted by molar-refractivity contribution is 5.91. The molecule has 18 heavy (non-hydrogen) atoms. The van der Waals surface area contributed by atoms with E-state index in [1.807, 2.05) is 19.1 Å². The van der Waals surface area contributed by atoms with Gasteiger partial charge in [0.15, 0.2) is 0 Å². The maximum atomic E-state index is 12.0. The number of carbonyl (C=O) groups excluding carboxylic acids is 1. The van der Waals surface area contributed by atoms with Crippen molar-refractivity contribution in [2.24, 2.45) is 0 Å². The highest BCUT2D eigenvalue weighted by atomic mass is 16.3. The molecule has 0 aliphatic carbocycles. The van der Waals surface area contributed by atoms with Crippen molar-refractivity contribution in [3.05, 3.63) is 57.9 Å². The number of nitrogens with one attached hydrogen (secondary N) is 1. The molecule has 0 aromatic carbocycles. The molecule has 2 aromatic heterocycles. The first-order valence-corrected chi connectivity index (χ1v) is 5.56. The van der Waals surface area contributed by atoms with Crippen molar-refractivity contribution < 1.29 is 9.21 Å². The van der Waals surface area contributed by atoms with Crippen molar-refractivity contribution in [2.75, 3.05) is 7.05 Å². The molecule has 0 aliphatic rings. The third-order valence-electron chi connectivity index (χ3n) is 2.53. The third-order valence-corrected chi connectivity index (χ3v) is 2.53. The van der Waals surface area contributed by atoms with Crippen LogP contribution in [0.3, 0.4) is 0 Å². The van der Waals surface area contributed by atoms with Crippen molar-refractivity contribution >= 4 is 5.91 Å². The second kappa shape index (κ2) is 4.91. The summed E-state index contributed by atoms with van der Waals surface area (Å²) in [5.41, 5.74) is -0.0172. The molecule has 0 atom stereocenters. The summed E-state index contributed by atoms with van der Waals surface area (Å²) in [4.78, 5) is 27.1. The van der Waals surface area contributed by atoms with Crippen LogP contribution in [0, 0.1) is 6.92 Å². The molecular weight excluding hydrogens is 232 g/mol. The van der Waals surface area contributed by atoms with Crippen molar-refractivity contribution in [2.45, 2.75) is 13.5 Å². The van der Waals surface area contributed by atoms with Gasteiger partial charge in [0.2, 0.25) is 5.56 Å². The van der Waals surface area contributed by atoms with E-state index >= 15 is 0 Å². The number of pyridine rings is 1. The van der Waals surface area contributed by atoms with E-state index in [9.17, 15) is 9.59 Å². The van der Waals surface area contributed by atoms with E-state index in [1.165, 1.54) is 11.0 Å². The average molecular weight is 246 g/mol. The molecule has 0 saturated carbocycles. The van der Waals surface area contributed by atoms with Crippen LogP contribution >= 0.6 is 0 Å². The quantitative estimate of drug-likeness (QED) is 0.893. The van der Waals surface area contributed by atoms with Gasteiger partial charge in [-0.05, 0) is 25.1 Å². The van der Waals surface area contributed by atoms with Crippen LogP contribution in [0.2, 0.25) is 0 Å². The predicted octanol–water partition coefficient (Wildman–Crippen LogP) is 1.55. The first-order chi connectivity index (χ1) is 8.56. The molecule has 1 amide bonds. The van der Waals surface area contributed by atoms with Gasteiger partial charge in [-0.25, -0.2) is 0 Å². The fourth-order valence-corrected chi connectivity index (χ4v) is 1.65. The zero-order chi connectivity index (χ0) is 13.1. The number of aromatic nitrogens is 1. The van der Waals surface area contributed by atoms with Crippen LogP contribution in [0.15, 0.2) is 39.5 Å². The molecule has 0 unspecified atom stereocenters. The predicted molar refractivity (Wildman–Crippen MR) is 66.3 cm³/mol. The lowest BCUT2D eigenvalue weighted by atomic mass is 10.3. The fourth-order valence-electron chi connectivity index (χ4n) is 1.65. The summed E-state index contributed by atoms with van der Waals surface area (Å²) < 4.78 is 5.40. The molecule has 2 rings (SSSR count). The van der Waals surface area contributed by atoms with Gasteiger partial charge in [0.25, 0.3) is 5.91 Å². The largest absolute Gasteiger partial charge is 0.464 e. The molecule has 5 heteroatoms. The third kappa shape index (κ3) is 2.68. The first kappa shape index (κ1) is 12.2. The second-order valence-electron chi connectivity index (χ2n) is 4.10. The molecule has 5 nitrogen and oxygen atoms in total. The second-order valence-corrected chi connectivity index (χ2v) is 4.10. The topological polar surface area (TPSA) is 66.3 Å². The van der Waals surface area contributed by atoms with E-state index in [0.29, 0.717) is 12.3 Å². The molecule has 94 valence electrons. The Bertz CT molecular complexity index is 612. The molecule has 0 saturated heterocycles. The zero-order valence-corrected chi connectivity index (χ0v) is 10.3. The van der Waals surface area contributed by atoms with Gasteiger partial charge in [0.05, 0.1) is 6.54 Å². The summed E-state index contributed by atoms with van der Waals surface area (Å²) in [6.45, 7) is 2.21. The SMILES string of the molecule is Cc1ccc(CN(C)C(=O)c2cccc(=O)[nH]2)o1. The standard InChI is InChI=1S/C13H14N2O3/c1-9-6-7-10(18-9)8-15(2)13(17)11-4-3-5-12(16)14-11/h3-7H,8H2,1-2H3,(H,14,16). The van der Waals surface area contributed by atoms with Crippen LogP contribution in [0.1, 0.15) is 22.0 Å². The molecular formula is C13H14N2O3. The minimum atomic E-state index is -0.289. The lowest BCUT2D eigenvalue weighted by molar-refractivity contribution is 0.0769. The summed E-state index contributed by atoms with van der Waals surface area (Å²) in [5, 5.41) is 0. The molecule has 0 spiro atoms. The maximum Gasteiger partial charge on any atom is 0.270 e. The smallest absolute Gasteiger partial charge is 0.270 e. The summed E-state index contributed by atoms with van der Waals surface area (Å²) in [7, 11) is 1.66. The molecule has 0 bridgehead atoms. The minimum Gasteiger partial charge on any atom is -0.464 e. The van der Waals surface area contributed by atoms with Crippen molar-refractivity contribution in [1.82, 2.24) is 9.88 Å². The van der Waals surface area contributed by atoms with E-state index in [0.717, 1.165) is 5.76 Å². The lowest BCUT2D eigenvalue weighted by Crippen LogP contribution is -2.28. The maximum absolute atomic E-state index is 12.0. The summed E-state index contributed by atoms with van der Waals surface area (Å²) in [6, 6.07) is 8.17. The Labute approximate surface area is 104 Å². The summed E-state index contributed by atoms with van der Waals surface area (Å²) in [6.07, 6.45) is 0. The number of hydrogen-bond donors (Lipinski definition) is 1. The average Bonchev–Trinajstić information content (AvgIpc) is 2.73. The molecule has 0 aliphatic heterocycles. The van der Waals surface area contributed by atoms with Gasteiger partial charge < -0.3 is 14.3 Å². The summed E-state index contributed by atoms with van der Waals surface area (Å²) >= 11 is 0. The Morgan fingerprint density at radius 3 is 2.72 bits per heavy atom. The summed E-state index contributed by atoms with van der Waals surface area (Å²) in [5.74, 6) is 1.27. The van der Waals surface area contributed by atoms with Crippen molar-refractivity contribution in [3.8, 4) is 0 Å². The Morgan fingerprint density at radius 1 is 1.33 bits per heavy atom. The highest BCUT2D eigenvalue weighted by Crippen LogP contribution is 2.10. The monoisotopic (exact) mass is 246 g/mol. The first-order valence-electron chi connectivity index (χ1n) is 5.56. The Morgan fingerprint density at radius 2 is 2.11 bits per heavy atom. The highest BCUT2D eigenvalue weighted by Gasteiger charge is 2.13. The van der Waals surface area contributed by atoms with Gasteiger partial charge in [0.1, 0.15) is 17.2 Å². The number of furan rings is 1. The van der Waals surface area contributed by atoms with Gasteiger partial charge in [-0.15, -0.1) is 0 Å². The number of amides is 1. The van der Waals surface area contributed by atoms with Gasteiger partial charge in [-0.2, -0.15) is 0 Å². The zero-order valence-electron chi connectivity index (χ0n) is 10.3. The molecule has 1 N–H and O–H groups in total. The number of aromatic amines is 1.